The Kier molecular flexibility index (Phi) is 2.98. The average molecular weight is 190 g/mol. The molecule has 1 rings (SSSR count). The number of hydrogen-bond donors (Lipinski definition) is 1. The Morgan fingerprint density at radius 3 is 2.77 bits per heavy atom. The molecule has 0 radical (unpaired) electrons. The predicted octanol–water partition coefficient (Wildman–Crippen LogP) is 1.55. The standard InChI is InChI=1S/C8H12F2N2O/c1-8(9,10)7-12-6(5-13-7)3-4-11-2/h5,11H,3-4H2,1-2H3. The summed E-state index contributed by atoms with van der Waals surface area (Å²) in [5.41, 5.74) is 0.547. The summed E-state index contributed by atoms with van der Waals surface area (Å²) >= 11 is 0. The molecule has 0 aliphatic rings. The van der Waals surface area contributed by atoms with Crippen molar-refractivity contribution in [2.45, 2.75) is 19.3 Å². The monoisotopic (exact) mass is 190 g/mol. The predicted molar refractivity (Wildman–Crippen MR) is 43.7 cm³/mol. The fourth-order valence-corrected chi connectivity index (χ4v) is 0.876. The van der Waals surface area contributed by atoms with E-state index in [1.165, 1.54) is 6.26 Å². The third-order valence-electron chi connectivity index (χ3n) is 1.56. The zero-order valence-electron chi connectivity index (χ0n) is 7.60. The lowest BCUT2D eigenvalue weighted by atomic mass is 10.3. The molecule has 5 heteroatoms. The normalized spacial score (nSPS) is 12.0. The zero-order chi connectivity index (χ0) is 9.90. The molecule has 0 saturated carbocycles. The van der Waals surface area contributed by atoms with Crippen LogP contribution in [0.4, 0.5) is 8.78 Å². The van der Waals surface area contributed by atoms with Gasteiger partial charge >= 0.3 is 5.92 Å². The molecule has 0 saturated heterocycles. The van der Waals surface area contributed by atoms with Gasteiger partial charge in [0.1, 0.15) is 6.26 Å². The molecule has 0 atom stereocenters. The largest absolute Gasteiger partial charge is 0.443 e. The Labute approximate surface area is 75.2 Å². The minimum atomic E-state index is -2.99. The first kappa shape index (κ1) is 10.1. The number of halogens is 2. The summed E-state index contributed by atoms with van der Waals surface area (Å²) in [4.78, 5) is 3.66. The number of hydrogen-bond acceptors (Lipinski definition) is 3. The maximum absolute atomic E-state index is 12.6. The fraction of sp³-hybridized carbons (Fsp3) is 0.625. The summed E-state index contributed by atoms with van der Waals surface area (Å²) in [6, 6.07) is 0. The van der Waals surface area contributed by atoms with E-state index in [9.17, 15) is 8.78 Å². The third kappa shape index (κ3) is 2.77. The van der Waals surface area contributed by atoms with E-state index in [0.717, 1.165) is 6.92 Å². The lowest BCUT2D eigenvalue weighted by molar-refractivity contribution is -0.0109. The van der Waals surface area contributed by atoms with Gasteiger partial charge in [0.25, 0.3) is 5.89 Å². The smallest absolute Gasteiger partial charge is 0.319 e. The van der Waals surface area contributed by atoms with Crippen molar-refractivity contribution in [2.75, 3.05) is 13.6 Å². The number of alkyl halides is 2. The first-order chi connectivity index (χ1) is 6.04. The van der Waals surface area contributed by atoms with Gasteiger partial charge in [-0.15, -0.1) is 0 Å². The van der Waals surface area contributed by atoms with Gasteiger partial charge in [-0.2, -0.15) is 8.78 Å². The molecule has 0 unspecified atom stereocenters. The summed E-state index contributed by atoms with van der Waals surface area (Å²) < 4.78 is 29.9. The summed E-state index contributed by atoms with van der Waals surface area (Å²) in [5, 5.41) is 2.90. The molecule has 1 aromatic heterocycles. The molecule has 13 heavy (non-hydrogen) atoms. The van der Waals surface area contributed by atoms with Crippen molar-refractivity contribution >= 4 is 0 Å². The first-order valence-electron chi connectivity index (χ1n) is 4.01. The van der Waals surface area contributed by atoms with Crippen LogP contribution in [-0.4, -0.2) is 18.6 Å². The highest BCUT2D eigenvalue weighted by Crippen LogP contribution is 2.25. The van der Waals surface area contributed by atoms with E-state index in [4.69, 9.17) is 0 Å². The van der Waals surface area contributed by atoms with E-state index in [1.54, 1.807) is 7.05 Å². The van der Waals surface area contributed by atoms with Gasteiger partial charge in [-0.05, 0) is 7.05 Å². The van der Waals surface area contributed by atoms with Crippen LogP contribution in [0.1, 0.15) is 18.5 Å². The van der Waals surface area contributed by atoms with Gasteiger partial charge in [0.15, 0.2) is 0 Å². The van der Waals surface area contributed by atoms with Gasteiger partial charge in [-0.1, -0.05) is 0 Å². The summed E-state index contributed by atoms with van der Waals surface area (Å²) in [5.74, 6) is -3.50. The van der Waals surface area contributed by atoms with Gasteiger partial charge in [-0.3, -0.25) is 0 Å². The molecule has 0 amide bonds. The summed E-state index contributed by atoms with van der Waals surface area (Å²) in [6.45, 7) is 1.46. The van der Waals surface area contributed by atoms with Crippen molar-refractivity contribution in [3.05, 3.63) is 17.8 Å². The SMILES string of the molecule is CNCCc1coc(C(C)(F)F)n1. The molecular weight excluding hydrogens is 178 g/mol. The first-order valence-corrected chi connectivity index (χ1v) is 4.01. The Bertz CT molecular complexity index is 267. The van der Waals surface area contributed by atoms with Crippen LogP contribution in [0, 0.1) is 0 Å². The highest BCUT2D eigenvalue weighted by molar-refractivity contribution is 5.00. The molecule has 0 aromatic carbocycles. The lowest BCUT2D eigenvalue weighted by Gasteiger charge is -2.02. The second-order valence-electron chi connectivity index (χ2n) is 2.89. The second-order valence-corrected chi connectivity index (χ2v) is 2.89. The Hall–Kier alpha value is -0.970. The van der Waals surface area contributed by atoms with Gasteiger partial charge in [0.2, 0.25) is 0 Å². The van der Waals surface area contributed by atoms with Crippen LogP contribution in [0.3, 0.4) is 0 Å². The van der Waals surface area contributed by atoms with Gasteiger partial charge < -0.3 is 9.73 Å². The molecule has 74 valence electrons. The van der Waals surface area contributed by atoms with E-state index >= 15 is 0 Å². The van der Waals surface area contributed by atoms with Crippen molar-refractivity contribution in [3.63, 3.8) is 0 Å². The van der Waals surface area contributed by atoms with Crippen molar-refractivity contribution in [1.29, 1.82) is 0 Å². The number of nitrogens with zero attached hydrogens (tertiary/aromatic N) is 1. The minimum absolute atomic E-state index is 0.515. The number of oxazole rings is 1. The second kappa shape index (κ2) is 3.83. The van der Waals surface area contributed by atoms with E-state index in [0.29, 0.717) is 18.7 Å². The number of aromatic nitrogens is 1. The number of nitrogens with one attached hydrogen (secondary N) is 1. The van der Waals surface area contributed by atoms with Crippen molar-refractivity contribution in [1.82, 2.24) is 10.3 Å². The van der Waals surface area contributed by atoms with E-state index in [-0.39, 0.29) is 0 Å². The number of rotatable bonds is 4. The number of likely N-dealkylation sites (N-methyl/N-ethyl adjacent to an activating group) is 1. The molecule has 0 bridgehead atoms. The summed E-state index contributed by atoms with van der Waals surface area (Å²) in [7, 11) is 1.79. The Balaban J connectivity index is 2.64. The highest BCUT2D eigenvalue weighted by atomic mass is 19.3. The molecule has 0 fully saturated rings. The van der Waals surface area contributed by atoms with E-state index in [1.807, 2.05) is 0 Å². The molecule has 3 nitrogen and oxygen atoms in total. The van der Waals surface area contributed by atoms with Crippen LogP contribution < -0.4 is 5.32 Å². The van der Waals surface area contributed by atoms with E-state index in [2.05, 4.69) is 14.7 Å². The maximum atomic E-state index is 12.6. The molecule has 1 N–H and O–H groups in total. The quantitative estimate of drug-likeness (QED) is 0.782. The maximum Gasteiger partial charge on any atom is 0.319 e. The molecule has 0 aliphatic heterocycles. The van der Waals surface area contributed by atoms with Crippen LogP contribution in [0.25, 0.3) is 0 Å². The van der Waals surface area contributed by atoms with Crippen molar-refractivity contribution in [3.8, 4) is 0 Å². The summed E-state index contributed by atoms with van der Waals surface area (Å²) in [6.07, 6.45) is 1.86. The zero-order valence-corrected chi connectivity index (χ0v) is 7.60. The van der Waals surface area contributed by atoms with Crippen LogP contribution in [0.5, 0.6) is 0 Å². The fourth-order valence-electron chi connectivity index (χ4n) is 0.876. The van der Waals surface area contributed by atoms with Crippen LogP contribution >= 0.6 is 0 Å². The minimum Gasteiger partial charge on any atom is -0.443 e. The molecule has 1 aromatic rings. The Morgan fingerprint density at radius 2 is 2.31 bits per heavy atom. The van der Waals surface area contributed by atoms with Gasteiger partial charge in [-0.25, -0.2) is 4.98 Å². The van der Waals surface area contributed by atoms with Gasteiger partial charge in [0.05, 0.1) is 5.69 Å². The topological polar surface area (TPSA) is 38.1 Å². The Morgan fingerprint density at radius 1 is 1.62 bits per heavy atom. The van der Waals surface area contributed by atoms with Crippen LogP contribution in [0.2, 0.25) is 0 Å². The molecule has 0 aliphatic carbocycles. The van der Waals surface area contributed by atoms with Gasteiger partial charge in [0, 0.05) is 19.9 Å². The van der Waals surface area contributed by atoms with Crippen LogP contribution in [0.15, 0.2) is 10.7 Å². The van der Waals surface area contributed by atoms with Crippen LogP contribution in [-0.2, 0) is 12.3 Å². The van der Waals surface area contributed by atoms with Crippen molar-refractivity contribution < 1.29 is 13.2 Å². The third-order valence-corrected chi connectivity index (χ3v) is 1.56. The van der Waals surface area contributed by atoms with E-state index < -0.39 is 11.8 Å². The molecular formula is C8H12F2N2O. The highest BCUT2D eigenvalue weighted by Gasteiger charge is 2.30. The molecule has 0 spiro atoms. The molecule has 1 heterocycles. The van der Waals surface area contributed by atoms with Crippen molar-refractivity contribution in [2.24, 2.45) is 0 Å². The average Bonchev–Trinajstić information content (AvgIpc) is 2.47. The lowest BCUT2D eigenvalue weighted by Crippen LogP contribution is -2.11.